The lowest BCUT2D eigenvalue weighted by molar-refractivity contribution is -0.151. The van der Waals surface area contributed by atoms with E-state index in [2.05, 4.69) is 6.92 Å². The Morgan fingerprint density at radius 2 is 2.05 bits per heavy atom. The number of hydrogen-bond donors (Lipinski definition) is 0. The average molecular weight is 304 g/mol. The number of Topliss-reactive ketones (excluding diaryl/α,β-unsaturated/α-hetero) is 1. The van der Waals surface area contributed by atoms with Gasteiger partial charge in [-0.25, -0.2) is 8.42 Å². The van der Waals surface area contributed by atoms with Gasteiger partial charge >= 0.3 is 0 Å². The molecule has 118 valence electrons. The number of carbonyl (C=O) groups is 1. The van der Waals surface area contributed by atoms with E-state index < -0.39 is 15.4 Å². The monoisotopic (exact) mass is 304 g/mol. The number of ketones is 1. The molecule has 2 unspecified atom stereocenters. The minimum atomic E-state index is -2.98. The number of sulfone groups is 1. The van der Waals surface area contributed by atoms with E-state index in [0.29, 0.717) is 25.4 Å². The summed E-state index contributed by atoms with van der Waals surface area (Å²) in [5.41, 5.74) is -0.650. The normalized spacial score (nSPS) is 27.4. The molecule has 1 aliphatic rings. The topological polar surface area (TPSA) is 60.4 Å². The Morgan fingerprint density at radius 1 is 1.35 bits per heavy atom. The van der Waals surface area contributed by atoms with Crippen molar-refractivity contribution in [2.75, 3.05) is 18.1 Å². The third-order valence-electron chi connectivity index (χ3n) is 4.18. The zero-order chi connectivity index (χ0) is 15.2. The van der Waals surface area contributed by atoms with Crippen LogP contribution in [0.2, 0.25) is 0 Å². The van der Waals surface area contributed by atoms with Gasteiger partial charge in [0.15, 0.2) is 5.78 Å². The van der Waals surface area contributed by atoms with Gasteiger partial charge in [0.1, 0.15) is 15.4 Å². The van der Waals surface area contributed by atoms with Gasteiger partial charge in [0.2, 0.25) is 0 Å². The minimum Gasteiger partial charge on any atom is -0.367 e. The summed E-state index contributed by atoms with van der Waals surface area (Å²) in [6.07, 6.45) is 4.45. The second kappa shape index (κ2) is 7.55. The van der Waals surface area contributed by atoms with Crippen molar-refractivity contribution in [2.24, 2.45) is 5.92 Å². The Hall–Kier alpha value is -0.420. The molecule has 0 heterocycles. The van der Waals surface area contributed by atoms with E-state index in [1.165, 1.54) is 0 Å². The van der Waals surface area contributed by atoms with Crippen LogP contribution in [0.3, 0.4) is 0 Å². The van der Waals surface area contributed by atoms with Crippen LogP contribution in [0.1, 0.15) is 59.3 Å². The number of rotatable bonds is 8. The number of carbonyl (C=O) groups excluding carboxylic acids is 1. The molecule has 5 heteroatoms. The summed E-state index contributed by atoms with van der Waals surface area (Å²) in [5, 5.41) is 0. The molecular formula is C15H28O4S. The lowest BCUT2D eigenvalue weighted by Crippen LogP contribution is -2.45. The van der Waals surface area contributed by atoms with Crippen molar-refractivity contribution in [2.45, 2.75) is 64.9 Å². The molecule has 1 aliphatic carbocycles. The number of hydrogen-bond acceptors (Lipinski definition) is 4. The van der Waals surface area contributed by atoms with E-state index in [9.17, 15) is 13.2 Å². The maximum Gasteiger partial charge on any atom is 0.164 e. The summed E-state index contributed by atoms with van der Waals surface area (Å²) in [6.45, 7) is 6.24. The number of ether oxygens (including phenoxy) is 1. The molecule has 0 N–H and O–H groups in total. The van der Waals surface area contributed by atoms with Crippen molar-refractivity contribution >= 4 is 15.6 Å². The first-order valence-electron chi connectivity index (χ1n) is 7.73. The lowest BCUT2D eigenvalue weighted by Gasteiger charge is -2.38. The minimum absolute atomic E-state index is 0.0946. The van der Waals surface area contributed by atoms with Crippen LogP contribution in [0.15, 0.2) is 0 Å². The van der Waals surface area contributed by atoms with Gasteiger partial charge in [-0.1, -0.05) is 20.3 Å². The molecule has 0 aliphatic heterocycles. The molecule has 0 bridgehead atoms. The quantitative estimate of drug-likeness (QED) is 0.692. The highest BCUT2D eigenvalue weighted by atomic mass is 32.2. The maximum absolute atomic E-state index is 12.5. The predicted molar refractivity (Wildman–Crippen MR) is 80.6 cm³/mol. The largest absolute Gasteiger partial charge is 0.367 e. The second-order valence-electron chi connectivity index (χ2n) is 5.89. The van der Waals surface area contributed by atoms with E-state index in [1.807, 2.05) is 6.92 Å². The first-order valence-corrected chi connectivity index (χ1v) is 9.55. The Balaban J connectivity index is 2.61. The molecule has 0 spiro atoms. The van der Waals surface area contributed by atoms with Crippen molar-refractivity contribution in [3.8, 4) is 0 Å². The fourth-order valence-corrected chi connectivity index (χ4v) is 3.94. The Bertz CT molecular complexity index is 412. The van der Waals surface area contributed by atoms with Crippen LogP contribution >= 0.6 is 0 Å². The van der Waals surface area contributed by atoms with Gasteiger partial charge < -0.3 is 4.74 Å². The fraction of sp³-hybridized carbons (Fsp3) is 0.933. The highest BCUT2D eigenvalue weighted by molar-refractivity contribution is 7.91. The highest BCUT2D eigenvalue weighted by Crippen LogP contribution is 2.36. The van der Waals surface area contributed by atoms with Gasteiger partial charge in [-0.15, -0.1) is 0 Å². The Labute approximate surface area is 123 Å². The van der Waals surface area contributed by atoms with Crippen LogP contribution in [0, 0.1) is 5.92 Å². The van der Waals surface area contributed by atoms with Gasteiger partial charge in [0.05, 0.1) is 5.75 Å². The van der Waals surface area contributed by atoms with E-state index in [4.69, 9.17) is 4.74 Å². The molecule has 0 radical (unpaired) electrons. The van der Waals surface area contributed by atoms with Crippen LogP contribution in [0.4, 0.5) is 0 Å². The van der Waals surface area contributed by atoms with Gasteiger partial charge in [-0.3, -0.25) is 4.79 Å². The van der Waals surface area contributed by atoms with E-state index in [-0.39, 0.29) is 17.3 Å². The predicted octanol–water partition coefficient (Wildman–Crippen LogP) is 2.76. The molecule has 4 nitrogen and oxygen atoms in total. The molecule has 1 rings (SSSR count). The molecule has 2 atom stereocenters. The zero-order valence-electron chi connectivity index (χ0n) is 13.0. The van der Waals surface area contributed by atoms with Crippen molar-refractivity contribution in [1.29, 1.82) is 0 Å². The van der Waals surface area contributed by atoms with Crippen molar-refractivity contribution in [3.05, 3.63) is 0 Å². The van der Waals surface area contributed by atoms with Crippen LogP contribution in [-0.4, -0.2) is 37.9 Å². The standard InChI is InChI=1S/C15H28O4S/c1-4-19-15(10-6-8-13(3)12-15)14(16)9-7-11-20(17,18)5-2/h13H,4-12H2,1-3H3. The molecule has 0 aromatic heterocycles. The molecule has 0 aromatic carbocycles. The fourth-order valence-electron chi connectivity index (χ4n) is 3.07. The molecule has 0 aromatic rings. The summed E-state index contributed by atoms with van der Waals surface area (Å²) in [6, 6.07) is 0. The Morgan fingerprint density at radius 3 is 2.60 bits per heavy atom. The molecule has 1 saturated carbocycles. The Kier molecular flexibility index (Phi) is 6.65. The maximum atomic E-state index is 12.5. The van der Waals surface area contributed by atoms with Crippen LogP contribution < -0.4 is 0 Å². The molecule has 0 saturated heterocycles. The lowest BCUT2D eigenvalue weighted by atomic mass is 9.75. The van der Waals surface area contributed by atoms with Crippen molar-refractivity contribution in [3.63, 3.8) is 0 Å². The smallest absolute Gasteiger partial charge is 0.164 e. The zero-order valence-corrected chi connectivity index (χ0v) is 13.8. The second-order valence-corrected chi connectivity index (χ2v) is 8.36. The molecule has 20 heavy (non-hydrogen) atoms. The molecule has 0 amide bonds. The van der Waals surface area contributed by atoms with Crippen LogP contribution in [0.5, 0.6) is 0 Å². The van der Waals surface area contributed by atoms with E-state index >= 15 is 0 Å². The van der Waals surface area contributed by atoms with Crippen LogP contribution in [-0.2, 0) is 19.4 Å². The SMILES string of the molecule is CCOC1(C(=O)CCCS(=O)(=O)CC)CCCC(C)C1. The summed E-state index contributed by atoms with van der Waals surface area (Å²) in [7, 11) is -2.98. The van der Waals surface area contributed by atoms with Crippen molar-refractivity contribution in [1.82, 2.24) is 0 Å². The van der Waals surface area contributed by atoms with Crippen LogP contribution in [0.25, 0.3) is 0 Å². The summed E-state index contributed by atoms with van der Waals surface area (Å²) in [4.78, 5) is 12.5. The van der Waals surface area contributed by atoms with E-state index in [1.54, 1.807) is 6.92 Å². The summed E-state index contributed by atoms with van der Waals surface area (Å²) < 4.78 is 28.8. The van der Waals surface area contributed by atoms with E-state index in [0.717, 1.165) is 25.7 Å². The van der Waals surface area contributed by atoms with Gasteiger partial charge in [0, 0.05) is 18.8 Å². The van der Waals surface area contributed by atoms with Crippen molar-refractivity contribution < 1.29 is 17.9 Å². The summed E-state index contributed by atoms with van der Waals surface area (Å²) >= 11 is 0. The summed E-state index contributed by atoms with van der Waals surface area (Å²) in [5.74, 6) is 0.845. The molecule has 1 fully saturated rings. The average Bonchev–Trinajstić information content (AvgIpc) is 2.38. The third kappa shape index (κ3) is 4.85. The van der Waals surface area contributed by atoms with Gasteiger partial charge in [-0.05, 0) is 38.5 Å². The molecular weight excluding hydrogens is 276 g/mol. The first-order chi connectivity index (χ1) is 9.35. The highest BCUT2D eigenvalue weighted by Gasteiger charge is 2.41. The van der Waals surface area contributed by atoms with Gasteiger partial charge in [-0.2, -0.15) is 0 Å². The first kappa shape index (κ1) is 17.6. The third-order valence-corrected chi connectivity index (χ3v) is 5.97. The van der Waals surface area contributed by atoms with Gasteiger partial charge in [0.25, 0.3) is 0 Å².